The van der Waals surface area contributed by atoms with E-state index in [1.165, 1.54) is 5.56 Å². The summed E-state index contributed by atoms with van der Waals surface area (Å²) in [6.07, 6.45) is 2.80. The third-order valence-corrected chi connectivity index (χ3v) is 3.97. The third kappa shape index (κ3) is 3.60. The maximum absolute atomic E-state index is 12.3. The van der Waals surface area contributed by atoms with Crippen molar-refractivity contribution in [2.75, 3.05) is 19.6 Å². The lowest BCUT2D eigenvalue weighted by Gasteiger charge is -2.31. The summed E-state index contributed by atoms with van der Waals surface area (Å²) in [7, 11) is 0. The van der Waals surface area contributed by atoms with E-state index in [0.29, 0.717) is 18.9 Å². The summed E-state index contributed by atoms with van der Waals surface area (Å²) in [6.45, 7) is 2.08. The fraction of sp³-hybridized carbons (Fsp3) is 0.467. The maximum Gasteiger partial charge on any atom is 0.317 e. The molecule has 22 heavy (non-hydrogen) atoms. The van der Waals surface area contributed by atoms with Gasteiger partial charge in [0.1, 0.15) is 0 Å². The van der Waals surface area contributed by atoms with Gasteiger partial charge in [-0.15, -0.1) is 10.2 Å². The van der Waals surface area contributed by atoms with Crippen LogP contribution in [0.25, 0.3) is 0 Å². The summed E-state index contributed by atoms with van der Waals surface area (Å²) < 4.78 is 0. The molecule has 2 heterocycles. The Morgan fingerprint density at radius 2 is 2.23 bits per heavy atom. The summed E-state index contributed by atoms with van der Waals surface area (Å²) in [6, 6.07) is 10.1. The second-order valence-corrected chi connectivity index (χ2v) is 5.52. The van der Waals surface area contributed by atoms with Crippen LogP contribution in [0, 0.1) is 0 Å². The van der Waals surface area contributed by atoms with Crippen LogP contribution < -0.4 is 5.32 Å². The number of nitrogens with one attached hydrogen (secondary N) is 2. The number of hydrogen-bond donors (Lipinski definition) is 2. The summed E-state index contributed by atoms with van der Waals surface area (Å²) >= 11 is 0. The highest BCUT2D eigenvalue weighted by atomic mass is 16.2. The molecule has 7 nitrogen and oxygen atoms in total. The SMILES string of the molecule is O=C(NCCc1ccccc1)N1CCCC(c2nn[nH]n2)C1. The van der Waals surface area contributed by atoms with Gasteiger partial charge < -0.3 is 10.2 Å². The van der Waals surface area contributed by atoms with E-state index < -0.39 is 0 Å². The lowest BCUT2D eigenvalue weighted by atomic mass is 9.98. The average Bonchev–Trinajstić information content (AvgIpc) is 3.10. The molecule has 2 amide bonds. The zero-order chi connectivity index (χ0) is 15.2. The largest absolute Gasteiger partial charge is 0.338 e. The number of H-pyrrole nitrogens is 1. The number of piperidine rings is 1. The second kappa shape index (κ2) is 7.02. The third-order valence-electron chi connectivity index (χ3n) is 3.97. The number of aromatic nitrogens is 4. The first-order valence-electron chi connectivity index (χ1n) is 7.63. The molecule has 0 aliphatic carbocycles. The summed E-state index contributed by atoms with van der Waals surface area (Å²) in [5.41, 5.74) is 1.23. The summed E-state index contributed by atoms with van der Waals surface area (Å²) in [5.74, 6) is 0.870. The van der Waals surface area contributed by atoms with E-state index in [4.69, 9.17) is 0 Å². The average molecular weight is 300 g/mol. The molecule has 1 atom stereocenters. The number of tetrazole rings is 1. The molecule has 3 rings (SSSR count). The summed E-state index contributed by atoms with van der Waals surface area (Å²) in [5, 5.41) is 17.1. The second-order valence-electron chi connectivity index (χ2n) is 5.52. The Kier molecular flexibility index (Phi) is 4.62. The van der Waals surface area contributed by atoms with Crippen LogP contribution in [-0.4, -0.2) is 51.2 Å². The molecule has 1 aliphatic rings. The standard InChI is InChI=1S/C15H20N6O/c22-15(16-9-8-12-5-2-1-3-6-12)21-10-4-7-13(11-21)14-17-19-20-18-14/h1-3,5-6,13H,4,7-11H2,(H,16,22)(H,17,18,19,20). The van der Waals surface area contributed by atoms with Crippen molar-refractivity contribution in [1.29, 1.82) is 0 Å². The van der Waals surface area contributed by atoms with Gasteiger partial charge in [-0.25, -0.2) is 4.79 Å². The highest BCUT2D eigenvalue weighted by Crippen LogP contribution is 2.23. The Labute approximate surface area is 129 Å². The number of likely N-dealkylation sites (tertiary alicyclic amines) is 1. The molecule has 0 bridgehead atoms. The Morgan fingerprint density at radius 1 is 1.36 bits per heavy atom. The van der Waals surface area contributed by atoms with Gasteiger partial charge in [-0.05, 0) is 24.8 Å². The predicted molar refractivity (Wildman–Crippen MR) is 81.3 cm³/mol. The van der Waals surface area contributed by atoms with E-state index in [-0.39, 0.29) is 11.9 Å². The number of amides is 2. The molecule has 1 aliphatic heterocycles. The first-order valence-corrected chi connectivity index (χ1v) is 7.63. The lowest BCUT2D eigenvalue weighted by molar-refractivity contribution is 0.178. The normalized spacial score (nSPS) is 18.2. The van der Waals surface area contributed by atoms with E-state index in [2.05, 4.69) is 38.1 Å². The van der Waals surface area contributed by atoms with Crippen LogP contribution in [0.15, 0.2) is 30.3 Å². The van der Waals surface area contributed by atoms with Crippen molar-refractivity contribution >= 4 is 6.03 Å². The Morgan fingerprint density at radius 3 is 3.00 bits per heavy atom. The van der Waals surface area contributed by atoms with Crippen LogP contribution in [0.5, 0.6) is 0 Å². The quantitative estimate of drug-likeness (QED) is 0.892. The molecular formula is C15H20N6O. The predicted octanol–water partition coefficient (Wildman–Crippen LogP) is 1.33. The minimum absolute atomic E-state index is 0.0101. The fourth-order valence-electron chi connectivity index (χ4n) is 2.79. The number of benzene rings is 1. The maximum atomic E-state index is 12.3. The van der Waals surface area contributed by atoms with Crippen molar-refractivity contribution in [3.63, 3.8) is 0 Å². The Hall–Kier alpha value is -2.44. The minimum Gasteiger partial charge on any atom is -0.338 e. The van der Waals surface area contributed by atoms with Crippen molar-refractivity contribution in [1.82, 2.24) is 30.8 Å². The lowest BCUT2D eigenvalue weighted by Crippen LogP contribution is -2.45. The molecule has 1 aromatic heterocycles. The topological polar surface area (TPSA) is 86.8 Å². The van der Waals surface area contributed by atoms with E-state index >= 15 is 0 Å². The van der Waals surface area contributed by atoms with Gasteiger partial charge >= 0.3 is 6.03 Å². The van der Waals surface area contributed by atoms with Crippen molar-refractivity contribution in [3.05, 3.63) is 41.7 Å². The van der Waals surface area contributed by atoms with Gasteiger partial charge in [-0.3, -0.25) is 0 Å². The number of carbonyl (C=O) groups is 1. The van der Waals surface area contributed by atoms with Crippen LogP contribution >= 0.6 is 0 Å². The van der Waals surface area contributed by atoms with Crippen LogP contribution in [0.4, 0.5) is 4.79 Å². The van der Waals surface area contributed by atoms with Gasteiger partial charge in [0.15, 0.2) is 5.82 Å². The van der Waals surface area contributed by atoms with Crippen molar-refractivity contribution < 1.29 is 4.79 Å². The van der Waals surface area contributed by atoms with Crippen LogP contribution in [0.3, 0.4) is 0 Å². The molecule has 0 spiro atoms. The molecule has 2 N–H and O–H groups in total. The van der Waals surface area contributed by atoms with Crippen molar-refractivity contribution in [3.8, 4) is 0 Å². The Balaban J connectivity index is 1.47. The molecule has 1 unspecified atom stereocenters. The number of hydrogen-bond acceptors (Lipinski definition) is 4. The van der Waals surface area contributed by atoms with Gasteiger partial charge in [-0.2, -0.15) is 5.21 Å². The molecule has 116 valence electrons. The zero-order valence-electron chi connectivity index (χ0n) is 12.4. The van der Waals surface area contributed by atoms with E-state index in [1.54, 1.807) is 0 Å². The molecule has 0 saturated carbocycles. The molecular weight excluding hydrogens is 280 g/mol. The van der Waals surface area contributed by atoms with E-state index in [9.17, 15) is 4.79 Å². The molecule has 2 aromatic rings. The number of urea groups is 1. The van der Waals surface area contributed by atoms with Gasteiger partial charge in [0, 0.05) is 25.6 Å². The highest BCUT2D eigenvalue weighted by Gasteiger charge is 2.26. The van der Waals surface area contributed by atoms with Gasteiger partial charge in [0.2, 0.25) is 0 Å². The van der Waals surface area contributed by atoms with Gasteiger partial charge in [0.25, 0.3) is 0 Å². The zero-order valence-corrected chi connectivity index (χ0v) is 12.4. The van der Waals surface area contributed by atoms with Crippen molar-refractivity contribution in [2.24, 2.45) is 0 Å². The van der Waals surface area contributed by atoms with Crippen LogP contribution in [0.2, 0.25) is 0 Å². The summed E-state index contributed by atoms with van der Waals surface area (Å²) in [4.78, 5) is 14.1. The smallest absolute Gasteiger partial charge is 0.317 e. The first kappa shape index (κ1) is 14.5. The molecule has 7 heteroatoms. The number of carbonyl (C=O) groups excluding carboxylic acids is 1. The highest BCUT2D eigenvalue weighted by molar-refractivity contribution is 5.74. The molecule has 1 saturated heterocycles. The number of rotatable bonds is 4. The van der Waals surface area contributed by atoms with Gasteiger partial charge in [0.05, 0.1) is 0 Å². The van der Waals surface area contributed by atoms with Crippen LogP contribution in [0.1, 0.15) is 30.1 Å². The number of aromatic amines is 1. The number of nitrogens with zero attached hydrogens (tertiary/aromatic N) is 4. The Bertz CT molecular complexity index is 585. The molecule has 1 aromatic carbocycles. The molecule has 1 fully saturated rings. The van der Waals surface area contributed by atoms with E-state index in [1.807, 2.05) is 23.1 Å². The van der Waals surface area contributed by atoms with Gasteiger partial charge in [-0.1, -0.05) is 35.5 Å². The fourth-order valence-corrected chi connectivity index (χ4v) is 2.79. The molecule has 0 radical (unpaired) electrons. The van der Waals surface area contributed by atoms with Crippen LogP contribution in [-0.2, 0) is 6.42 Å². The first-order chi connectivity index (χ1) is 10.8. The minimum atomic E-state index is -0.0101. The monoisotopic (exact) mass is 300 g/mol. The van der Waals surface area contributed by atoms with Crippen molar-refractivity contribution in [2.45, 2.75) is 25.2 Å². The van der Waals surface area contributed by atoms with E-state index in [0.717, 1.165) is 25.8 Å².